The Hall–Kier alpha value is -2.96. The highest BCUT2D eigenvalue weighted by Crippen LogP contribution is 2.13. The molecule has 0 unspecified atom stereocenters. The largest absolute Gasteiger partial charge is 0.340 e. The first kappa shape index (κ1) is 15.9. The molecule has 0 saturated carbocycles. The molecule has 0 aliphatic carbocycles. The molecule has 0 aliphatic rings. The normalized spacial score (nSPS) is 11.0. The number of fused-ring (bicyclic) bond motifs is 1. The summed E-state index contributed by atoms with van der Waals surface area (Å²) in [6, 6.07) is 9.65. The summed E-state index contributed by atoms with van der Waals surface area (Å²) < 4.78 is 3.26. The monoisotopic (exact) mass is 325 g/mol. The number of benzene rings is 1. The van der Waals surface area contributed by atoms with E-state index in [9.17, 15) is 9.59 Å². The minimum Gasteiger partial charge on any atom is -0.340 e. The molecule has 7 nitrogen and oxygen atoms in total. The van der Waals surface area contributed by atoms with Crippen molar-refractivity contribution in [1.82, 2.24) is 24.5 Å². The summed E-state index contributed by atoms with van der Waals surface area (Å²) in [4.78, 5) is 25.3. The maximum absolute atomic E-state index is 12.5. The first-order valence-electron chi connectivity index (χ1n) is 7.64. The average Bonchev–Trinajstić information content (AvgIpc) is 2.99. The third kappa shape index (κ3) is 3.05. The predicted molar refractivity (Wildman–Crippen MR) is 90.5 cm³/mol. The topological polar surface area (TPSA) is 73.0 Å². The average molecular weight is 325 g/mol. The van der Waals surface area contributed by atoms with E-state index < -0.39 is 0 Å². The van der Waals surface area contributed by atoms with Crippen LogP contribution in [0.4, 0.5) is 0 Å². The molecule has 0 radical (unpaired) electrons. The second kappa shape index (κ2) is 6.27. The number of aryl methyl sites for hydroxylation is 1. The van der Waals surface area contributed by atoms with Gasteiger partial charge in [-0.05, 0) is 17.5 Å². The highest BCUT2D eigenvalue weighted by Gasteiger charge is 2.10. The lowest BCUT2D eigenvalue weighted by atomic mass is 10.1. The second-order valence-corrected chi connectivity index (χ2v) is 5.88. The summed E-state index contributed by atoms with van der Waals surface area (Å²) in [6.45, 7) is 2.24. The quantitative estimate of drug-likeness (QED) is 0.721. The van der Waals surface area contributed by atoms with Gasteiger partial charge >= 0.3 is 0 Å². The first-order valence-corrected chi connectivity index (χ1v) is 7.64. The molecule has 0 saturated heterocycles. The van der Waals surface area contributed by atoms with E-state index in [0.717, 1.165) is 10.9 Å². The Morgan fingerprint density at radius 2 is 2.04 bits per heavy atom. The van der Waals surface area contributed by atoms with Gasteiger partial charge in [-0.3, -0.25) is 9.59 Å². The third-order valence-electron chi connectivity index (χ3n) is 4.06. The van der Waals surface area contributed by atoms with E-state index in [1.54, 1.807) is 34.4 Å². The number of carbonyl (C=O) groups excluding carboxylic acids is 1. The molecule has 0 fully saturated rings. The zero-order valence-electron chi connectivity index (χ0n) is 13.9. The molecule has 24 heavy (non-hydrogen) atoms. The fraction of sp³-hybridized carbons (Fsp3) is 0.294. The van der Waals surface area contributed by atoms with E-state index in [2.05, 4.69) is 10.3 Å². The van der Waals surface area contributed by atoms with Gasteiger partial charge in [-0.1, -0.05) is 23.4 Å². The van der Waals surface area contributed by atoms with Crippen molar-refractivity contribution in [3.05, 3.63) is 58.1 Å². The summed E-state index contributed by atoms with van der Waals surface area (Å²) in [5.41, 5.74) is 2.18. The molecule has 0 spiro atoms. The molecule has 124 valence electrons. The van der Waals surface area contributed by atoms with Crippen LogP contribution in [0.5, 0.6) is 0 Å². The van der Waals surface area contributed by atoms with Gasteiger partial charge in [0.25, 0.3) is 5.56 Å². The van der Waals surface area contributed by atoms with Gasteiger partial charge in [-0.25, -0.2) is 4.68 Å². The molecule has 3 rings (SSSR count). The van der Waals surface area contributed by atoms with E-state index in [1.807, 2.05) is 30.3 Å². The van der Waals surface area contributed by atoms with Crippen LogP contribution in [0, 0.1) is 0 Å². The van der Waals surface area contributed by atoms with Crippen molar-refractivity contribution in [2.75, 3.05) is 7.05 Å². The van der Waals surface area contributed by atoms with Crippen molar-refractivity contribution in [3.63, 3.8) is 0 Å². The van der Waals surface area contributed by atoms with Gasteiger partial charge in [0, 0.05) is 26.6 Å². The van der Waals surface area contributed by atoms with Gasteiger partial charge in [-0.2, -0.15) is 0 Å². The number of pyridine rings is 1. The van der Waals surface area contributed by atoms with Crippen molar-refractivity contribution in [1.29, 1.82) is 0 Å². The minimum atomic E-state index is -0.0494. The maximum Gasteiger partial charge on any atom is 0.255 e. The minimum absolute atomic E-state index is 0.0343. The van der Waals surface area contributed by atoms with Crippen LogP contribution in [0.2, 0.25) is 0 Å². The van der Waals surface area contributed by atoms with E-state index in [-0.39, 0.29) is 11.5 Å². The van der Waals surface area contributed by atoms with Crippen molar-refractivity contribution in [3.8, 4) is 0 Å². The lowest BCUT2D eigenvalue weighted by Crippen LogP contribution is -2.23. The third-order valence-corrected chi connectivity index (χ3v) is 4.06. The van der Waals surface area contributed by atoms with Crippen molar-refractivity contribution >= 4 is 16.8 Å². The van der Waals surface area contributed by atoms with Gasteiger partial charge in [0.1, 0.15) is 5.69 Å². The zero-order chi connectivity index (χ0) is 17.3. The van der Waals surface area contributed by atoms with E-state index >= 15 is 0 Å². The number of amides is 1. The van der Waals surface area contributed by atoms with Crippen molar-refractivity contribution < 1.29 is 4.79 Å². The van der Waals surface area contributed by atoms with Gasteiger partial charge in [0.2, 0.25) is 5.91 Å². The van der Waals surface area contributed by atoms with Gasteiger partial charge in [0.05, 0.1) is 24.8 Å². The molecule has 1 amide bonds. The number of hydrogen-bond acceptors (Lipinski definition) is 4. The summed E-state index contributed by atoms with van der Waals surface area (Å²) in [7, 11) is 3.48. The molecular formula is C17H19N5O2. The van der Waals surface area contributed by atoms with Crippen LogP contribution in [-0.2, 0) is 24.9 Å². The Bertz CT molecular complexity index is 957. The van der Waals surface area contributed by atoms with E-state index in [1.165, 1.54) is 6.92 Å². The molecule has 2 aromatic heterocycles. The van der Waals surface area contributed by atoms with E-state index in [4.69, 9.17) is 0 Å². The van der Waals surface area contributed by atoms with Crippen LogP contribution in [0.1, 0.15) is 18.2 Å². The predicted octanol–water partition coefficient (Wildman–Crippen LogP) is 1.16. The standard InChI is InChI=1S/C17H19N5O2/c1-12(23)20(2)10-15-11-22(19-18-15)9-14-8-13-6-4-5-7-16(13)21(3)17(14)24/h4-8,11H,9-10H2,1-3H3. The molecule has 0 atom stereocenters. The molecule has 2 heterocycles. The Kier molecular flexibility index (Phi) is 4.16. The number of hydrogen-bond donors (Lipinski definition) is 0. The second-order valence-electron chi connectivity index (χ2n) is 5.88. The van der Waals surface area contributed by atoms with Crippen molar-refractivity contribution in [2.45, 2.75) is 20.0 Å². The Labute approximate surface area is 139 Å². The highest BCUT2D eigenvalue weighted by molar-refractivity contribution is 5.79. The van der Waals surface area contributed by atoms with E-state index in [0.29, 0.717) is 24.3 Å². The van der Waals surface area contributed by atoms with Gasteiger partial charge in [-0.15, -0.1) is 5.10 Å². The van der Waals surface area contributed by atoms with Crippen LogP contribution < -0.4 is 5.56 Å². The molecule has 0 aliphatic heterocycles. The van der Waals surface area contributed by atoms with Crippen LogP contribution in [0.3, 0.4) is 0 Å². The van der Waals surface area contributed by atoms with Gasteiger partial charge < -0.3 is 9.47 Å². The number of carbonyl (C=O) groups is 1. The summed E-state index contributed by atoms with van der Waals surface area (Å²) in [5.74, 6) is -0.0343. The maximum atomic E-state index is 12.5. The number of para-hydroxylation sites is 1. The molecule has 1 aromatic carbocycles. The Balaban J connectivity index is 1.88. The highest BCUT2D eigenvalue weighted by atomic mass is 16.2. The lowest BCUT2D eigenvalue weighted by molar-refractivity contribution is -0.128. The Morgan fingerprint density at radius 3 is 2.79 bits per heavy atom. The molecular weight excluding hydrogens is 306 g/mol. The fourth-order valence-corrected chi connectivity index (χ4v) is 2.62. The summed E-state index contributed by atoms with van der Waals surface area (Å²) >= 11 is 0. The summed E-state index contributed by atoms with van der Waals surface area (Å²) in [6.07, 6.45) is 1.76. The molecule has 3 aromatic rings. The smallest absolute Gasteiger partial charge is 0.255 e. The lowest BCUT2D eigenvalue weighted by Gasteiger charge is -2.11. The van der Waals surface area contributed by atoms with Crippen LogP contribution >= 0.6 is 0 Å². The zero-order valence-corrected chi connectivity index (χ0v) is 13.9. The van der Waals surface area contributed by atoms with Crippen molar-refractivity contribution in [2.24, 2.45) is 7.05 Å². The van der Waals surface area contributed by atoms with Gasteiger partial charge in [0.15, 0.2) is 0 Å². The van der Waals surface area contributed by atoms with Crippen LogP contribution in [-0.4, -0.2) is 37.4 Å². The molecule has 0 bridgehead atoms. The number of nitrogens with zero attached hydrogens (tertiary/aromatic N) is 5. The first-order chi connectivity index (χ1) is 11.5. The Morgan fingerprint density at radius 1 is 1.29 bits per heavy atom. The number of rotatable bonds is 4. The SMILES string of the molecule is CC(=O)N(C)Cc1cn(Cc2cc3ccccc3n(C)c2=O)nn1. The van der Waals surface area contributed by atoms with Crippen LogP contribution in [0.15, 0.2) is 41.3 Å². The molecule has 0 N–H and O–H groups in total. The molecule has 7 heteroatoms. The fourth-order valence-electron chi connectivity index (χ4n) is 2.62. The summed E-state index contributed by atoms with van der Waals surface area (Å²) in [5, 5.41) is 9.12. The number of aromatic nitrogens is 4. The van der Waals surface area contributed by atoms with Crippen LogP contribution in [0.25, 0.3) is 10.9 Å².